The van der Waals surface area contributed by atoms with E-state index in [4.69, 9.17) is 9.84 Å². The molecule has 1 heterocycles. The number of aliphatic carboxylic acids is 1. The molecule has 1 unspecified atom stereocenters. The van der Waals surface area contributed by atoms with Crippen molar-refractivity contribution in [3.05, 3.63) is 0 Å². The van der Waals surface area contributed by atoms with Crippen molar-refractivity contribution < 1.29 is 27.9 Å². The lowest BCUT2D eigenvalue weighted by molar-refractivity contribution is -0.143. The highest BCUT2D eigenvalue weighted by atomic mass is 32.2. The van der Waals surface area contributed by atoms with E-state index in [2.05, 4.69) is 0 Å². The highest BCUT2D eigenvalue weighted by molar-refractivity contribution is 7.89. The molecule has 1 atom stereocenters. The fraction of sp³-hybridized carbons (Fsp3) is 0.818. The molecule has 0 aromatic heterocycles. The molecule has 7 nitrogen and oxygen atoms in total. The van der Waals surface area contributed by atoms with E-state index < -0.39 is 27.9 Å². The number of rotatable bonds is 7. The van der Waals surface area contributed by atoms with Crippen molar-refractivity contribution in [3.8, 4) is 0 Å². The van der Waals surface area contributed by atoms with Gasteiger partial charge >= 0.3 is 11.9 Å². The minimum absolute atomic E-state index is 0.0249. The van der Waals surface area contributed by atoms with Gasteiger partial charge in [-0.1, -0.05) is 0 Å². The molecule has 0 bridgehead atoms. The summed E-state index contributed by atoms with van der Waals surface area (Å²) in [4.78, 5) is 21.8. The van der Waals surface area contributed by atoms with Gasteiger partial charge in [-0.3, -0.25) is 9.59 Å². The van der Waals surface area contributed by atoms with Gasteiger partial charge in [0, 0.05) is 19.5 Å². The number of sulfonamides is 1. The third kappa shape index (κ3) is 4.79. The molecule has 1 rings (SSSR count). The van der Waals surface area contributed by atoms with Crippen LogP contribution >= 0.6 is 0 Å². The maximum Gasteiger partial charge on any atom is 0.307 e. The second-order valence-electron chi connectivity index (χ2n) is 4.41. The molecule has 0 aromatic carbocycles. The average molecular weight is 293 g/mol. The first-order chi connectivity index (χ1) is 8.86. The van der Waals surface area contributed by atoms with Crippen molar-refractivity contribution >= 4 is 22.0 Å². The highest BCUT2D eigenvalue weighted by Crippen LogP contribution is 2.20. The minimum Gasteiger partial charge on any atom is -0.481 e. The Balaban J connectivity index is 2.40. The standard InChI is InChI=1S/C11H19NO6S/c1-2-18-10(13)4-3-7-19(16,17)12-6-5-9(8-12)11(14)15/h9H,2-8H2,1H3,(H,14,15). The van der Waals surface area contributed by atoms with Gasteiger partial charge < -0.3 is 9.84 Å². The average Bonchev–Trinajstić information content (AvgIpc) is 2.79. The fourth-order valence-electron chi connectivity index (χ4n) is 1.94. The van der Waals surface area contributed by atoms with Crippen LogP contribution in [0.25, 0.3) is 0 Å². The maximum atomic E-state index is 11.9. The van der Waals surface area contributed by atoms with Gasteiger partial charge in [0.25, 0.3) is 0 Å². The van der Waals surface area contributed by atoms with Crippen LogP contribution < -0.4 is 0 Å². The van der Waals surface area contributed by atoms with Crippen molar-refractivity contribution in [2.45, 2.75) is 26.2 Å². The van der Waals surface area contributed by atoms with E-state index in [1.165, 1.54) is 4.31 Å². The van der Waals surface area contributed by atoms with Crippen LogP contribution in [0.15, 0.2) is 0 Å². The monoisotopic (exact) mass is 293 g/mol. The normalized spacial score (nSPS) is 20.4. The molecule has 110 valence electrons. The Kier molecular flexibility index (Phi) is 5.74. The van der Waals surface area contributed by atoms with Crippen molar-refractivity contribution in [3.63, 3.8) is 0 Å². The van der Waals surface area contributed by atoms with Crippen LogP contribution in [0.2, 0.25) is 0 Å². The van der Waals surface area contributed by atoms with E-state index in [0.29, 0.717) is 6.42 Å². The summed E-state index contributed by atoms with van der Waals surface area (Å²) in [6.07, 6.45) is 0.588. The number of hydrogen-bond donors (Lipinski definition) is 1. The first-order valence-electron chi connectivity index (χ1n) is 6.23. The number of carbonyl (C=O) groups is 2. The number of nitrogens with zero attached hydrogens (tertiary/aromatic N) is 1. The van der Waals surface area contributed by atoms with Crippen molar-refractivity contribution in [2.75, 3.05) is 25.4 Å². The van der Waals surface area contributed by atoms with E-state index in [0.717, 1.165) is 0 Å². The van der Waals surface area contributed by atoms with Gasteiger partial charge in [-0.25, -0.2) is 12.7 Å². The highest BCUT2D eigenvalue weighted by Gasteiger charge is 2.34. The third-order valence-corrected chi connectivity index (χ3v) is 4.91. The Bertz CT molecular complexity index is 432. The molecule has 0 amide bonds. The predicted octanol–water partition coefficient (Wildman–Crippen LogP) is 0.0660. The van der Waals surface area contributed by atoms with E-state index in [1.807, 2.05) is 0 Å². The molecule has 19 heavy (non-hydrogen) atoms. The molecule has 0 saturated carbocycles. The summed E-state index contributed by atoms with van der Waals surface area (Å²) in [6.45, 7) is 2.22. The van der Waals surface area contributed by atoms with Gasteiger partial charge in [-0.05, 0) is 19.8 Å². The molecule has 1 aliphatic heterocycles. The number of hydrogen-bond acceptors (Lipinski definition) is 5. The Morgan fingerprint density at radius 1 is 1.42 bits per heavy atom. The molecule has 8 heteroatoms. The summed E-state index contributed by atoms with van der Waals surface area (Å²) in [5, 5.41) is 8.82. The lowest BCUT2D eigenvalue weighted by Crippen LogP contribution is -2.32. The third-order valence-electron chi connectivity index (χ3n) is 2.98. The quantitative estimate of drug-likeness (QED) is 0.666. The molecular formula is C11H19NO6S. The van der Waals surface area contributed by atoms with Gasteiger partial charge in [-0.2, -0.15) is 0 Å². The zero-order chi connectivity index (χ0) is 14.5. The predicted molar refractivity (Wildman–Crippen MR) is 67.0 cm³/mol. The van der Waals surface area contributed by atoms with E-state index in [1.54, 1.807) is 6.92 Å². The molecule has 0 radical (unpaired) electrons. The molecule has 0 aliphatic carbocycles. The Morgan fingerprint density at radius 3 is 2.63 bits per heavy atom. The number of carboxylic acids is 1. The topological polar surface area (TPSA) is 101 Å². The first-order valence-corrected chi connectivity index (χ1v) is 7.84. The van der Waals surface area contributed by atoms with E-state index in [-0.39, 0.29) is 38.3 Å². The summed E-state index contributed by atoms with van der Waals surface area (Å²) >= 11 is 0. The van der Waals surface area contributed by atoms with Gasteiger partial charge in [0.2, 0.25) is 10.0 Å². The molecule has 1 aliphatic rings. The van der Waals surface area contributed by atoms with Crippen LogP contribution in [0.1, 0.15) is 26.2 Å². The van der Waals surface area contributed by atoms with Gasteiger partial charge in [-0.15, -0.1) is 0 Å². The second-order valence-corrected chi connectivity index (χ2v) is 6.49. The first kappa shape index (κ1) is 15.9. The largest absolute Gasteiger partial charge is 0.481 e. The SMILES string of the molecule is CCOC(=O)CCCS(=O)(=O)N1CCC(C(=O)O)C1. The smallest absolute Gasteiger partial charge is 0.307 e. The number of carbonyl (C=O) groups excluding carboxylic acids is 1. The van der Waals surface area contributed by atoms with Crippen molar-refractivity contribution in [2.24, 2.45) is 5.92 Å². The zero-order valence-corrected chi connectivity index (χ0v) is 11.7. The Labute approximate surface area is 112 Å². The number of ether oxygens (including phenoxy) is 1. The van der Waals surface area contributed by atoms with Crippen molar-refractivity contribution in [1.82, 2.24) is 4.31 Å². The van der Waals surface area contributed by atoms with Crippen molar-refractivity contribution in [1.29, 1.82) is 0 Å². The molecule has 1 saturated heterocycles. The molecule has 1 N–H and O–H groups in total. The van der Waals surface area contributed by atoms with Crippen LogP contribution in [0.5, 0.6) is 0 Å². The number of carboxylic acid groups (broad SMARTS) is 1. The molecule has 1 fully saturated rings. The van der Waals surface area contributed by atoms with Gasteiger partial charge in [0.1, 0.15) is 0 Å². The summed E-state index contributed by atoms with van der Waals surface area (Å²) in [6, 6.07) is 0. The van der Waals surface area contributed by atoms with E-state index in [9.17, 15) is 18.0 Å². The molecular weight excluding hydrogens is 274 g/mol. The Morgan fingerprint density at radius 2 is 2.11 bits per heavy atom. The molecule has 0 spiro atoms. The number of esters is 1. The van der Waals surface area contributed by atoms with Crippen LogP contribution in [-0.4, -0.2) is 55.2 Å². The molecule has 0 aromatic rings. The minimum atomic E-state index is -3.47. The van der Waals surface area contributed by atoms with E-state index >= 15 is 0 Å². The van der Waals surface area contributed by atoms with Gasteiger partial charge in [0.05, 0.1) is 18.3 Å². The van der Waals surface area contributed by atoms with Crippen LogP contribution in [-0.2, 0) is 24.3 Å². The van der Waals surface area contributed by atoms with Crippen LogP contribution in [0, 0.1) is 5.92 Å². The lowest BCUT2D eigenvalue weighted by Gasteiger charge is -2.15. The summed E-state index contributed by atoms with van der Waals surface area (Å²) in [7, 11) is -3.47. The zero-order valence-electron chi connectivity index (χ0n) is 10.9. The summed E-state index contributed by atoms with van der Waals surface area (Å²) in [5.74, 6) is -2.16. The lowest BCUT2D eigenvalue weighted by atomic mass is 10.1. The van der Waals surface area contributed by atoms with Crippen LogP contribution in [0.3, 0.4) is 0 Å². The Hall–Kier alpha value is -1.15. The fourth-order valence-corrected chi connectivity index (χ4v) is 3.50. The summed E-state index contributed by atoms with van der Waals surface area (Å²) in [5.41, 5.74) is 0. The second kappa shape index (κ2) is 6.85. The van der Waals surface area contributed by atoms with Crippen LogP contribution in [0.4, 0.5) is 0 Å². The maximum absolute atomic E-state index is 11.9. The van der Waals surface area contributed by atoms with Gasteiger partial charge in [0.15, 0.2) is 0 Å². The summed E-state index contributed by atoms with van der Waals surface area (Å²) < 4.78 is 29.7.